The Kier molecular flexibility index (Phi) is 7.44. The molecule has 4 aliphatic rings. The van der Waals surface area contributed by atoms with Crippen molar-refractivity contribution in [1.82, 2.24) is 0 Å². The van der Waals surface area contributed by atoms with Gasteiger partial charge in [0, 0.05) is 0 Å². The van der Waals surface area contributed by atoms with E-state index in [2.05, 4.69) is 6.92 Å². The molecule has 1 heterocycles. The predicted molar refractivity (Wildman–Crippen MR) is 111 cm³/mol. The minimum atomic E-state index is -1.85. The molecule has 3 aliphatic carbocycles. The second kappa shape index (κ2) is 9.61. The molecule has 5 rings (SSSR count). The summed E-state index contributed by atoms with van der Waals surface area (Å²) in [6, 6.07) is 5.56. The number of aliphatic carboxylic acids is 1. The van der Waals surface area contributed by atoms with Crippen LogP contribution >= 0.6 is 0 Å². The van der Waals surface area contributed by atoms with E-state index in [-0.39, 0.29) is 41.2 Å². The maximum atomic E-state index is 11.3. The number of carbonyl (C=O) groups excluding carboxylic acids is 1. The number of phenols is 1. The van der Waals surface area contributed by atoms with Crippen LogP contribution in [0.3, 0.4) is 0 Å². The van der Waals surface area contributed by atoms with Gasteiger partial charge in [-0.2, -0.15) is 0 Å². The summed E-state index contributed by atoms with van der Waals surface area (Å²) >= 11 is 0. The number of fused-ring (bicyclic) bond motifs is 5. The quantitative estimate of drug-likeness (QED) is 0.270. The van der Waals surface area contributed by atoms with Crippen LogP contribution in [0.5, 0.6) is 5.75 Å². The average Bonchev–Trinajstić information content (AvgIpc) is 3.03. The standard InChI is InChI=1S/C24H32O9.Na/c1-24-7-6-13-12-5-3-11(25)8-10(12)2-4-14(13)15(24)9-16(21(24)29)32-23-19(28)17(26)18(27)20(33-23)22(30)31;/h3,5,8,13-21,23,25-29H,2,4,6-7,9H2,1H3,(H,30,31);/q;+1/p-1. The number of rotatable bonds is 3. The summed E-state index contributed by atoms with van der Waals surface area (Å²) in [5.74, 6) is -0.652. The van der Waals surface area contributed by atoms with E-state index in [9.17, 15) is 35.4 Å². The maximum Gasteiger partial charge on any atom is 1.00 e. The van der Waals surface area contributed by atoms with Gasteiger partial charge in [0.05, 0.1) is 18.2 Å². The van der Waals surface area contributed by atoms with Crippen molar-refractivity contribution in [3.05, 3.63) is 29.3 Å². The number of hydrogen-bond acceptors (Lipinski definition) is 9. The molecule has 1 saturated heterocycles. The van der Waals surface area contributed by atoms with Gasteiger partial charge in [-0.25, -0.2) is 0 Å². The topological polar surface area (TPSA) is 160 Å². The van der Waals surface area contributed by atoms with Gasteiger partial charge >= 0.3 is 29.6 Å². The van der Waals surface area contributed by atoms with Crippen molar-refractivity contribution in [2.45, 2.75) is 87.9 Å². The largest absolute Gasteiger partial charge is 1.00 e. The smallest absolute Gasteiger partial charge is 0.547 e. The molecule has 1 aromatic carbocycles. The Hall–Kier alpha value is -0.750. The van der Waals surface area contributed by atoms with Gasteiger partial charge in [-0.3, -0.25) is 0 Å². The number of aliphatic hydroxyl groups is 4. The second-order valence-corrected chi connectivity index (χ2v) is 10.4. The number of phenolic OH excluding ortho intramolecular Hbond substituents is 1. The number of carboxylic acids is 1. The first-order chi connectivity index (χ1) is 15.6. The summed E-state index contributed by atoms with van der Waals surface area (Å²) in [4.78, 5) is 11.3. The fraction of sp³-hybridized carbons (Fsp3) is 0.708. The van der Waals surface area contributed by atoms with Crippen molar-refractivity contribution in [3.63, 3.8) is 0 Å². The molecular formula is C24H31NaO9. The third-order valence-electron chi connectivity index (χ3n) is 8.77. The van der Waals surface area contributed by atoms with Gasteiger partial charge in [0.1, 0.15) is 30.2 Å². The van der Waals surface area contributed by atoms with Gasteiger partial charge in [0.2, 0.25) is 0 Å². The van der Waals surface area contributed by atoms with E-state index in [1.165, 1.54) is 11.1 Å². The SMILES string of the molecule is CC12CCC3c4ccc(O)cc4CCC3C1CC(OC1OC(C(=O)[O-])C(O)C(O)C1O)C2O.[Na+]. The molecule has 10 heteroatoms. The van der Waals surface area contributed by atoms with Crippen LogP contribution in [0.1, 0.15) is 49.7 Å². The van der Waals surface area contributed by atoms with Gasteiger partial charge in [-0.15, -0.1) is 0 Å². The average molecular weight is 486 g/mol. The van der Waals surface area contributed by atoms with E-state index in [1.54, 1.807) is 6.07 Å². The van der Waals surface area contributed by atoms with Gasteiger partial charge in [-0.05, 0) is 78.5 Å². The molecule has 9 nitrogen and oxygen atoms in total. The first kappa shape index (κ1) is 26.3. The van der Waals surface area contributed by atoms with E-state index in [4.69, 9.17) is 9.47 Å². The molecule has 34 heavy (non-hydrogen) atoms. The summed E-state index contributed by atoms with van der Waals surface area (Å²) in [6.07, 6.45) is -6.26. The van der Waals surface area contributed by atoms with Crippen LogP contribution in [0.15, 0.2) is 18.2 Å². The molecule has 182 valence electrons. The van der Waals surface area contributed by atoms with Crippen molar-refractivity contribution in [2.75, 3.05) is 0 Å². The Balaban J connectivity index is 0.00000274. The zero-order chi connectivity index (χ0) is 23.7. The normalized spacial score (nSPS) is 45.4. The number of carbonyl (C=O) groups is 1. The number of carboxylic acid groups (broad SMARTS) is 1. The van der Waals surface area contributed by atoms with Crippen LogP contribution in [0.2, 0.25) is 0 Å². The van der Waals surface area contributed by atoms with Crippen molar-refractivity contribution in [2.24, 2.45) is 17.3 Å². The van der Waals surface area contributed by atoms with Crippen LogP contribution < -0.4 is 34.7 Å². The van der Waals surface area contributed by atoms with E-state index in [1.807, 2.05) is 12.1 Å². The van der Waals surface area contributed by atoms with Crippen LogP contribution in [0.25, 0.3) is 0 Å². The molecule has 11 atom stereocenters. The number of benzene rings is 1. The number of aryl methyl sites for hydroxylation is 1. The fourth-order valence-corrected chi connectivity index (χ4v) is 6.99. The number of ether oxygens (including phenoxy) is 2. The third kappa shape index (κ3) is 4.13. The van der Waals surface area contributed by atoms with Crippen molar-refractivity contribution in [1.29, 1.82) is 0 Å². The maximum absolute atomic E-state index is 11.3. The van der Waals surface area contributed by atoms with Crippen LogP contribution in [-0.2, 0) is 20.7 Å². The summed E-state index contributed by atoms with van der Waals surface area (Å²) in [5.41, 5.74) is 2.02. The molecular weight excluding hydrogens is 455 g/mol. The molecule has 1 aliphatic heterocycles. The van der Waals surface area contributed by atoms with Crippen molar-refractivity contribution < 1.29 is 74.5 Å². The Morgan fingerprint density at radius 2 is 1.88 bits per heavy atom. The zero-order valence-corrected chi connectivity index (χ0v) is 21.4. The third-order valence-corrected chi connectivity index (χ3v) is 8.77. The van der Waals surface area contributed by atoms with Crippen molar-refractivity contribution in [3.8, 4) is 5.75 Å². The van der Waals surface area contributed by atoms with E-state index >= 15 is 0 Å². The molecule has 0 aromatic heterocycles. The number of aliphatic hydroxyl groups excluding tert-OH is 4. The van der Waals surface area contributed by atoms with E-state index in [0.717, 1.165) is 25.7 Å². The Morgan fingerprint density at radius 1 is 1.15 bits per heavy atom. The molecule has 3 fully saturated rings. The molecule has 0 bridgehead atoms. The van der Waals surface area contributed by atoms with E-state index < -0.39 is 54.3 Å². The minimum Gasteiger partial charge on any atom is -0.547 e. The first-order valence-corrected chi connectivity index (χ1v) is 11.7. The molecule has 0 spiro atoms. The second-order valence-electron chi connectivity index (χ2n) is 10.4. The Labute approximate surface area is 220 Å². The summed E-state index contributed by atoms with van der Waals surface area (Å²) in [6.45, 7) is 2.05. The fourth-order valence-electron chi connectivity index (χ4n) is 6.99. The van der Waals surface area contributed by atoms with Gasteiger partial charge < -0.3 is 44.9 Å². The Bertz CT molecular complexity index is 928. The predicted octanol–water partition coefficient (Wildman–Crippen LogP) is -3.83. The van der Waals surface area contributed by atoms with Gasteiger partial charge in [-0.1, -0.05) is 13.0 Å². The summed E-state index contributed by atoms with van der Waals surface area (Å²) in [7, 11) is 0. The molecule has 0 amide bonds. The van der Waals surface area contributed by atoms with E-state index in [0.29, 0.717) is 18.3 Å². The zero-order valence-electron chi connectivity index (χ0n) is 19.4. The summed E-state index contributed by atoms with van der Waals surface area (Å²) < 4.78 is 11.1. The molecule has 2 saturated carbocycles. The number of aromatic hydroxyl groups is 1. The van der Waals surface area contributed by atoms with Gasteiger partial charge in [0.25, 0.3) is 0 Å². The number of hydrogen-bond donors (Lipinski definition) is 5. The Morgan fingerprint density at radius 3 is 2.59 bits per heavy atom. The molecule has 0 radical (unpaired) electrons. The van der Waals surface area contributed by atoms with Crippen LogP contribution in [0.4, 0.5) is 0 Å². The molecule has 1 aromatic rings. The van der Waals surface area contributed by atoms with Crippen LogP contribution in [0, 0.1) is 17.3 Å². The molecule has 11 unspecified atom stereocenters. The summed E-state index contributed by atoms with van der Waals surface area (Å²) in [5, 5.41) is 62.6. The van der Waals surface area contributed by atoms with Crippen molar-refractivity contribution >= 4 is 5.97 Å². The first-order valence-electron chi connectivity index (χ1n) is 11.7. The van der Waals surface area contributed by atoms with Crippen LogP contribution in [-0.4, -0.2) is 74.4 Å². The van der Waals surface area contributed by atoms with Gasteiger partial charge in [0.15, 0.2) is 6.29 Å². The monoisotopic (exact) mass is 486 g/mol. The minimum absolute atomic E-state index is 0. The molecule has 5 N–H and O–H groups in total.